The Morgan fingerprint density at radius 1 is 0.964 bits per heavy atom. The molecule has 1 fully saturated rings. The van der Waals surface area contributed by atoms with Crippen molar-refractivity contribution in [2.75, 3.05) is 64.3 Å². The number of carbonyl (C=O) groups excluding carboxylic acids is 3. The van der Waals surface area contributed by atoms with Crippen LogP contribution in [0.5, 0.6) is 11.5 Å². The fraction of sp³-hybridized carbons (Fsp3) is 0.535. The highest BCUT2D eigenvalue weighted by molar-refractivity contribution is 6.30. The number of nitrogens with zero attached hydrogens (tertiary/aromatic N) is 5. The Labute approximate surface area is 337 Å². The Balaban J connectivity index is 1.27. The maximum absolute atomic E-state index is 14.0. The summed E-state index contributed by atoms with van der Waals surface area (Å²) in [5.74, 6) is 1.87. The van der Waals surface area contributed by atoms with Gasteiger partial charge >= 0.3 is 12.1 Å². The van der Waals surface area contributed by atoms with Crippen molar-refractivity contribution < 1.29 is 33.3 Å². The zero-order chi connectivity index (χ0) is 40.7. The van der Waals surface area contributed by atoms with Gasteiger partial charge in [-0.15, -0.1) is 0 Å². The molecule has 2 aliphatic rings. The standard InChI is InChI=1S/C43H58ClN5O7/c1-28(2)55-37-24-35-31(22-36(37)53-8)23-39(50)49(41(35)30-12-14-32(44)15-13-30)38-19-18-34(25-45-38)47(7)26-29-10-16-33(17-11-29)48(27-40(51)54-9)21-20-46(6)42(52)56-43(3,4)5/h12-15,18-19,22,24-25,28-29,33,41H,10-11,16-17,20-21,23,26-27H2,1-9H3/t29-,33-,41-/m0/s1. The fourth-order valence-corrected chi connectivity index (χ4v) is 7.68. The molecule has 1 aliphatic carbocycles. The molecule has 0 saturated heterocycles. The van der Waals surface area contributed by atoms with Gasteiger partial charge in [0.1, 0.15) is 11.4 Å². The number of methoxy groups -OCH3 is 2. The minimum atomic E-state index is -0.579. The number of pyridine rings is 1. The number of hydrogen-bond donors (Lipinski definition) is 0. The van der Waals surface area contributed by atoms with E-state index in [-0.39, 0.29) is 43.1 Å². The Kier molecular flexibility index (Phi) is 14.1. The number of aromatic nitrogens is 1. The van der Waals surface area contributed by atoms with Crippen molar-refractivity contribution in [2.45, 2.75) is 90.5 Å². The summed E-state index contributed by atoms with van der Waals surface area (Å²) in [7, 11) is 6.80. The Morgan fingerprint density at radius 3 is 2.25 bits per heavy atom. The van der Waals surface area contributed by atoms with Gasteiger partial charge < -0.3 is 28.7 Å². The van der Waals surface area contributed by atoms with E-state index in [4.69, 9.17) is 35.5 Å². The predicted molar refractivity (Wildman–Crippen MR) is 219 cm³/mol. The average molecular weight is 792 g/mol. The molecule has 1 saturated carbocycles. The van der Waals surface area contributed by atoms with Gasteiger partial charge in [-0.1, -0.05) is 23.7 Å². The van der Waals surface area contributed by atoms with Crippen molar-refractivity contribution in [3.05, 3.63) is 76.4 Å². The van der Waals surface area contributed by atoms with Crippen LogP contribution in [0.15, 0.2) is 54.7 Å². The third kappa shape index (κ3) is 10.8. The van der Waals surface area contributed by atoms with Gasteiger partial charge in [0.2, 0.25) is 5.91 Å². The Bertz CT molecular complexity index is 1810. The lowest BCUT2D eigenvalue weighted by molar-refractivity contribution is -0.142. The number of hydrogen-bond acceptors (Lipinski definition) is 10. The summed E-state index contributed by atoms with van der Waals surface area (Å²) in [6.45, 7) is 11.5. The molecule has 56 heavy (non-hydrogen) atoms. The third-order valence-electron chi connectivity index (χ3n) is 10.4. The van der Waals surface area contributed by atoms with Crippen LogP contribution in [0.25, 0.3) is 0 Å². The zero-order valence-corrected chi connectivity index (χ0v) is 35.1. The van der Waals surface area contributed by atoms with Crippen LogP contribution in [-0.4, -0.2) is 105 Å². The number of halogens is 1. The average Bonchev–Trinajstić information content (AvgIpc) is 3.15. The van der Waals surface area contributed by atoms with E-state index in [1.165, 1.54) is 7.11 Å². The summed E-state index contributed by atoms with van der Waals surface area (Å²) >= 11 is 6.30. The molecule has 0 N–H and O–H groups in total. The highest BCUT2D eigenvalue weighted by atomic mass is 35.5. The molecule has 2 aromatic carbocycles. The first-order valence-corrected chi connectivity index (χ1v) is 19.8. The molecule has 12 nitrogen and oxygen atoms in total. The van der Waals surface area contributed by atoms with Crippen LogP contribution in [0, 0.1) is 5.92 Å². The van der Waals surface area contributed by atoms with E-state index in [1.807, 2.05) is 89.3 Å². The number of rotatable bonds is 14. The van der Waals surface area contributed by atoms with Crippen molar-refractivity contribution in [2.24, 2.45) is 5.92 Å². The summed E-state index contributed by atoms with van der Waals surface area (Å²) in [5.41, 5.74) is 3.11. The van der Waals surface area contributed by atoms with Gasteiger partial charge in [-0.3, -0.25) is 19.4 Å². The lowest BCUT2D eigenvalue weighted by Gasteiger charge is -2.38. The number of likely N-dealkylation sites (N-methyl/N-ethyl adjacent to an activating group) is 1. The van der Waals surface area contributed by atoms with Crippen molar-refractivity contribution in [1.82, 2.24) is 14.8 Å². The lowest BCUT2D eigenvalue weighted by atomic mass is 9.85. The molecule has 2 heterocycles. The molecule has 304 valence electrons. The van der Waals surface area contributed by atoms with Crippen LogP contribution < -0.4 is 19.3 Å². The molecule has 0 spiro atoms. The number of benzene rings is 2. The minimum absolute atomic E-state index is 0.0655. The van der Waals surface area contributed by atoms with Crippen molar-refractivity contribution in [3.8, 4) is 11.5 Å². The van der Waals surface area contributed by atoms with E-state index >= 15 is 0 Å². The van der Waals surface area contributed by atoms with Gasteiger partial charge in [0.25, 0.3) is 0 Å². The summed E-state index contributed by atoms with van der Waals surface area (Å²) in [6.07, 6.45) is 5.45. The van der Waals surface area contributed by atoms with Crippen molar-refractivity contribution in [3.63, 3.8) is 0 Å². The van der Waals surface area contributed by atoms with Gasteiger partial charge in [0.05, 0.1) is 51.2 Å². The molecule has 1 aliphatic heterocycles. The van der Waals surface area contributed by atoms with Gasteiger partial charge in [-0.25, -0.2) is 9.78 Å². The smallest absolute Gasteiger partial charge is 0.410 e. The van der Waals surface area contributed by atoms with E-state index in [9.17, 15) is 14.4 Å². The van der Waals surface area contributed by atoms with Crippen LogP contribution in [0.2, 0.25) is 5.02 Å². The maximum Gasteiger partial charge on any atom is 0.410 e. The first-order chi connectivity index (χ1) is 26.6. The predicted octanol–water partition coefficient (Wildman–Crippen LogP) is 7.55. The van der Waals surface area contributed by atoms with Crippen LogP contribution in [0.4, 0.5) is 16.3 Å². The zero-order valence-electron chi connectivity index (χ0n) is 34.3. The topological polar surface area (TPSA) is 114 Å². The van der Waals surface area contributed by atoms with Crippen LogP contribution in [0.1, 0.15) is 83.0 Å². The summed E-state index contributed by atoms with van der Waals surface area (Å²) in [4.78, 5) is 51.4. The Hall–Kier alpha value is -4.55. The molecular weight excluding hydrogens is 734 g/mol. The molecule has 0 radical (unpaired) electrons. The maximum atomic E-state index is 14.0. The SMILES string of the molecule is COC(=O)CN(CCN(C)C(=O)OC(C)(C)C)[C@H]1CC[C@H](CN(C)c2ccc(N3C(=O)Cc4cc(OC)c(OC(C)C)cc4[C@@H]3c3ccc(Cl)cc3)nc2)CC1. The summed E-state index contributed by atoms with van der Waals surface area (Å²) in [5, 5.41) is 0.613. The molecule has 2 amide bonds. The molecule has 1 atom stereocenters. The molecule has 1 aromatic heterocycles. The first kappa shape index (κ1) is 42.6. The van der Waals surface area contributed by atoms with Crippen LogP contribution in [0.3, 0.4) is 0 Å². The number of carbonyl (C=O) groups is 3. The second-order valence-corrected chi connectivity index (χ2v) is 16.6. The fourth-order valence-electron chi connectivity index (χ4n) is 7.56. The van der Waals surface area contributed by atoms with Gasteiger partial charge in [0.15, 0.2) is 11.5 Å². The molecule has 0 unspecified atom stereocenters. The number of fused-ring (bicyclic) bond motifs is 1. The molecule has 0 bridgehead atoms. The van der Waals surface area contributed by atoms with Crippen LogP contribution in [-0.2, 0) is 25.5 Å². The van der Waals surface area contributed by atoms with Gasteiger partial charge in [-0.2, -0.15) is 0 Å². The van der Waals surface area contributed by atoms with Gasteiger partial charge in [-0.05, 0) is 119 Å². The number of esters is 1. The largest absolute Gasteiger partial charge is 0.493 e. The van der Waals surface area contributed by atoms with Crippen molar-refractivity contribution in [1.29, 1.82) is 0 Å². The van der Waals surface area contributed by atoms with Gasteiger partial charge in [0, 0.05) is 44.8 Å². The lowest BCUT2D eigenvalue weighted by Crippen LogP contribution is -2.46. The second-order valence-electron chi connectivity index (χ2n) is 16.1. The molecule has 3 aromatic rings. The van der Waals surface area contributed by atoms with E-state index in [0.717, 1.165) is 54.6 Å². The third-order valence-corrected chi connectivity index (χ3v) is 10.7. The Morgan fingerprint density at radius 2 is 1.66 bits per heavy atom. The number of amides is 2. The van der Waals surface area contributed by atoms with Crippen LogP contribution >= 0.6 is 11.6 Å². The number of ether oxygens (including phenoxy) is 4. The minimum Gasteiger partial charge on any atom is -0.493 e. The first-order valence-electron chi connectivity index (χ1n) is 19.4. The number of anilines is 2. The second kappa shape index (κ2) is 18.6. The van der Waals surface area contributed by atoms with Crippen molar-refractivity contribution >= 4 is 41.1 Å². The normalized spacial score (nSPS) is 18.4. The van der Waals surface area contributed by atoms with E-state index in [0.29, 0.717) is 41.3 Å². The monoisotopic (exact) mass is 791 g/mol. The quantitative estimate of drug-likeness (QED) is 0.152. The molecule has 13 heteroatoms. The molecule has 5 rings (SSSR count). The molecular formula is C43H58ClN5O7. The van der Waals surface area contributed by atoms with E-state index in [1.54, 1.807) is 24.0 Å². The van der Waals surface area contributed by atoms with E-state index < -0.39 is 11.6 Å². The summed E-state index contributed by atoms with van der Waals surface area (Å²) in [6, 6.07) is 15.2. The summed E-state index contributed by atoms with van der Waals surface area (Å²) < 4.78 is 22.3. The van der Waals surface area contributed by atoms with E-state index in [2.05, 4.69) is 16.8 Å². The highest BCUT2D eigenvalue weighted by Gasteiger charge is 2.37. The highest BCUT2D eigenvalue weighted by Crippen LogP contribution is 2.43.